The molecule has 9 heavy (non-hydrogen) atoms. The maximum atomic E-state index is 8.77. The molecule has 0 aliphatic carbocycles. The first-order chi connectivity index (χ1) is 4.34. The van der Waals surface area contributed by atoms with Crippen LogP contribution in [0.4, 0.5) is 0 Å². The van der Waals surface area contributed by atoms with Crippen LogP contribution in [-0.2, 0) is 0 Å². The molecule has 0 bridgehead atoms. The number of aliphatic hydroxyl groups excluding tert-OH is 1. The number of aliphatic hydroxyl groups is 1. The van der Waals surface area contributed by atoms with Gasteiger partial charge >= 0.3 is 0 Å². The highest BCUT2D eigenvalue weighted by Crippen LogP contribution is 2.17. The van der Waals surface area contributed by atoms with Crippen LogP contribution in [0.25, 0.3) is 0 Å². The highest BCUT2D eigenvalue weighted by molar-refractivity contribution is 4.74. The Labute approximate surface area is 56.3 Å². The fraction of sp³-hybridized carbons (Fsp3) is 1.00. The summed E-state index contributed by atoms with van der Waals surface area (Å²) in [5.41, 5.74) is 0. The van der Waals surface area contributed by atoms with Gasteiger partial charge in [0.2, 0.25) is 0 Å². The molecule has 2 atom stereocenters. The Kier molecular flexibility index (Phi) is 2.49. The van der Waals surface area contributed by atoms with E-state index in [1.807, 2.05) is 0 Å². The Morgan fingerprint density at radius 3 is 3.00 bits per heavy atom. The van der Waals surface area contributed by atoms with E-state index in [1.54, 1.807) is 0 Å². The minimum Gasteiger partial charge on any atom is -0.396 e. The molecule has 0 aromatic carbocycles. The van der Waals surface area contributed by atoms with Crippen molar-refractivity contribution in [2.45, 2.75) is 13.3 Å². The molecular weight excluding hydrogens is 114 g/mol. The van der Waals surface area contributed by atoms with E-state index in [1.165, 1.54) is 6.42 Å². The van der Waals surface area contributed by atoms with Crippen molar-refractivity contribution in [1.82, 2.24) is 5.32 Å². The van der Waals surface area contributed by atoms with Crippen LogP contribution >= 0.6 is 0 Å². The van der Waals surface area contributed by atoms with E-state index in [0.29, 0.717) is 12.5 Å². The fourth-order valence-corrected chi connectivity index (χ4v) is 1.31. The summed E-state index contributed by atoms with van der Waals surface area (Å²) in [6, 6.07) is 0. The standard InChI is InChI=1S/C7H15NO/c1-6(5-9)7-2-3-8-4-7/h6-9H,2-5H2,1H3/t6-,7-/m0/s1. The molecule has 1 aliphatic heterocycles. The van der Waals surface area contributed by atoms with Crippen molar-refractivity contribution in [1.29, 1.82) is 0 Å². The highest BCUT2D eigenvalue weighted by atomic mass is 16.3. The summed E-state index contributed by atoms with van der Waals surface area (Å²) < 4.78 is 0. The third-order valence-electron chi connectivity index (χ3n) is 2.19. The second kappa shape index (κ2) is 3.18. The summed E-state index contributed by atoms with van der Waals surface area (Å²) in [4.78, 5) is 0. The molecule has 0 radical (unpaired) electrons. The summed E-state index contributed by atoms with van der Waals surface area (Å²) in [6.07, 6.45) is 1.24. The van der Waals surface area contributed by atoms with Crippen LogP contribution in [-0.4, -0.2) is 24.8 Å². The third kappa shape index (κ3) is 1.66. The second-order valence-electron chi connectivity index (χ2n) is 2.91. The van der Waals surface area contributed by atoms with E-state index >= 15 is 0 Å². The summed E-state index contributed by atoms with van der Waals surface area (Å²) in [5, 5.41) is 12.0. The van der Waals surface area contributed by atoms with Crippen molar-refractivity contribution in [2.75, 3.05) is 19.7 Å². The van der Waals surface area contributed by atoms with Crippen molar-refractivity contribution in [3.8, 4) is 0 Å². The molecule has 2 N–H and O–H groups in total. The van der Waals surface area contributed by atoms with Crippen molar-refractivity contribution in [3.63, 3.8) is 0 Å². The van der Waals surface area contributed by atoms with Crippen LogP contribution in [0.3, 0.4) is 0 Å². The van der Waals surface area contributed by atoms with Gasteiger partial charge in [-0.05, 0) is 31.3 Å². The van der Waals surface area contributed by atoms with Gasteiger partial charge in [-0.15, -0.1) is 0 Å². The first kappa shape index (κ1) is 7.03. The first-order valence-corrected chi connectivity index (χ1v) is 3.66. The predicted molar refractivity (Wildman–Crippen MR) is 37.2 cm³/mol. The van der Waals surface area contributed by atoms with Crippen LogP contribution in [0.2, 0.25) is 0 Å². The summed E-state index contributed by atoms with van der Waals surface area (Å²) in [7, 11) is 0. The molecule has 54 valence electrons. The van der Waals surface area contributed by atoms with Gasteiger partial charge < -0.3 is 10.4 Å². The first-order valence-electron chi connectivity index (χ1n) is 3.66. The Balaban J connectivity index is 2.24. The maximum absolute atomic E-state index is 8.77. The monoisotopic (exact) mass is 129 g/mol. The molecule has 0 saturated carbocycles. The van der Waals surface area contributed by atoms with Gasteiger partial charge in [0.25, 0.3) is 0 Å². The summed E-state index contributed by atoms with van der Waals surface area (Å²) >= 11 is 0. The van der Waals surface area contributed by atoms with Gasteiger partial charge in [-0.3, -0.25) is 0 Å². The molecule has 0 amide bonds. The van der Waals surface area contributed by atoms with E-state index in [0.717, 1.165) is 19.0 Å². The number of hydrogen-bond donors (Lipinski definition) is 2. The number of nitrogens with one attached hydrogen (secondary N) is 1. The average Bonchev–Trinajstić information content (AvgIpc) is 2.37. The Hall–Kier alpha value is -0.0800. The smallest absolute Gasteiger partial charge is 0.0459 e. The van der Waals surface area contributed by atoms with Crippen molar-refractivity contribution >= 4 is 0 Å². The molecule has 0 aromatic heterocycles. The van der Waals surface area contributed by atoms with Gasteiger partial charge in [-0.25, -0.2) is 0 Å². The molecule has 1 heterocycles. The van der Waals surface area contributed by atoms with Crippen LogP contribution in [0.15, 0.2) is 0 Å². The molecule has 2 nitrogen and oxygen atoms in total. The van der Waals surface area contributed by atoms with Crippen molar-refractivity contribution < 1.29 is 5.11 Å². The molecular formula is C7H15NO. The van der Waals surface area contributed by atoms with E-state index in [4.69, 9.17) is 5.11 Å². The zero-order valence-corrected chi connectivity index (χ0v) is 5.93. The van der Waals surface area contributed by atoms with Gasteiger partial charge in [0.15, 0.2) is 0 Å². The summed E-state index contributed by atoms with van der Waals surface area (Å²) in [5.74, 6) is 1.20. The second-order valence-corrected chi connectivity index (χ2v) is 2.91. The minimum absolute atomic E-state index is 0.340. The van der Waals surface area contributed by atoms with Crippen molar-refractivity contribution in [3.05, 3.63) is 0 Å². The normalized spacial score (nSPS) is 30.7. The lowest BCUT2D eigenvalue weighted by atomic mass is 9.94. The zero-order valence-electron chi connectivity index (χ0n) is 5.93. The van der Waals surface area contributed by atoms with E-state index < -0.39 is 0 Å². The molecule has 1 saturated heterocycles. The van der Waals surface area contributed by atoms with Crippen LogP contribution in [0.1, 0.15) is 13.3 Å². The van der Waals surface area contributed by atoms with Gasteiger partial charge in [0.05, 0.1) is 0 Å². The van der Waals surface area contributed by atoms with E-state index in [-0.39, 0.29) is 0 Å². The highest BCUT2D eigenvalue weighted by Gasteiger charge is 2.19. The predicted octanol–water partition coefficient (Wildman–Crippen LogP) is 0.224. The quantitative estimate of drug-likeness (QED) is 0.559. The molecule has 0 spiro atoms. The molecule has 0 unspecified atom stereocenters. The molecule has 1 aliphatic rings. The number of hydrogen-bond acceptors (Lipinski definition) is 2. The largest absolute Gasteiger partial charge is 0.396 e. The third-order valence-corrected chi connectivity index (χ3v) is 2.19. The zero-order chi connectivity index (χ0) is 6.69. The summed E-state index contributed by atoms with van der Waals surface area (Å²) in [6.45, 7) is 4.68. The van der Waals surface area contributed by atoms with Gasteiger partial charge in [-0.2, -0.15) is 0 Å². The molecule has 1 rings (SSSR count). The van der Waals surface area contributed by atoms with Gasteiger partial charge in [0.1, 0.15) is 0 Å². The Morgan fingerprint density at radius 1 is 1.78 bits per heavy atom. The number of rotatable bonds is 2. The maximum Gasteiger partial charge on any atom is 0.0459 e. The topological polar surface area (TPSA) is 32.3 Å². The van der Waals surface area contributed by atoms with E-state index in [2.05, 4.69) is 12.2 Å². The van der Waals surface area contributed by atoms with E-state index in [9.17, 15) is 0 Å². The van der Waals surface area contributed by atoms with Crippen molar-refractivity contribution in [2.24, 2.45) is 11.8 Å². The van der Waals surface area contributed by atoms with Crippen LogP contribution in [0, 0.1) is 11.8 Å². The minimum atomic E-state index is 0.340. The fourth-order valence-electron chi connectivity index (χ4n) is 1.31. The Bertz CT molecular complexity index is 79.0. The molecule has 1 fully saturated rings. The van der Waals surface area contributed by atoms with Gasteiger partial charge in [0, 0.05) is 6.61 Å². The Morgan fingerprint density at radius 2 is 2.56 bits per heavy atom. The molecule has 0 aromatic rings. The SMILES string of the molecule is C[C@@H](CO)[C@H]1CCNC1. The lowest BCUT2D eigenvalue weighted by molar-refractivity contribution is 0.195. The average molecular weight is 129 g/mol. The van der Waals surface area contributed by atoms with Crippen LogP contribution < -0.4 is 5.32 Å². The van der Waals surface area contributed by atoms with Gasteiger partial charge in [-0.1, -0.05) is 6.92 Å². The van der Waals surface area contributed by atoms with Crippen LogP contribution in [0.5, 0.6) is 0 Å². The lowest BCUT2D eigenvalue weighted by Gasteiger charge is -2.13. The molecule has 2 heteroatoms. The lowest BCUT2D eigenvalue weighted by Crippen LogP contribution is -2.17.